The molecule has 0 spiro atoms. The van der Waals surface area contributed by atoms with E-state index in [0.717, 1.165) is 23.2 Å². The summed E-state index contributed by atoms with van der Waals surface area (Å²) in [4.78, 5) is 14.1. The third-order valence-corrected chi connectivity index (χ3v) is 5.17. The number of rotatable bonds is 8. The maximum absolute atomic E-state index is 12.7. The van der Waals surface area contributed by atoms with Gasteiger partial charge in [0.15, 0.2) is 6.04 Å². The summed E-state index contributed by atoms with van der Waals surface area (Å²) in [6.07, 6.45) is 4.93. The second kappa shape index (κ2) is 9.53. The molecule has 0 saturated carbocycles. The molecule has 4 rings (SSSR count). The van der Waals surface area contributed by atoms with E-state index in [2.05, 4.69) is 25.8 Å². The predicted molar refractivity (Wildman–Crippen MR) is 118 cm³/mol. The fourth-order valence-corrected chi connectivity index (χ4v) is 3.34. The van der Waals surface area contributed by atoms with Crippen molar-refractivity contribution in [2.24, 2.45) is 0 Å². The first kappa shape index (κ1) is 20.7. The van der Waals surface area contributed by atoms with Crippen LogP contribution < -0.4 is 5.32 Å². The molecule has 0 fully saturated rings. The van der Waals surface area contributed by atoms with Gasteiger partial charge < -0.3 is 5.32 Å². The van der Waals surface area contributed by atoms with Crippen LogP contribution in [0.4, 0.5) is 0 Å². The van der Waals surface area contributed by atoms with Crippen LogP contribution in [-0.4, -0.2) is 42.4 Å². The molecule has 9 heteroatoms. The summed E-state index contributed by atoms with van der Waals surface area (Å²) in [7, 11) is 0. The molecular weight excluding hydrogens is 414 g/mol. The van der Waals surface area contributed by atoms with Crippen molar-refractivity contribution < 1.29 is 4.79 Å². The first-order valence-corrected chi connectivity index (χ1v) is 10.4. The van der Waals surface area contributed by atoms with Crippen molar-refractivity contribution in [3.05, 3.63) is 77.6 Å². The number of tetrazole rings is 1. The first-order valence-electron chi connectivity index (χ1n) is 10.1. The average Bonchev–Trinajstić information content (AvgIpc) is 3.48. The van der Waals surface area contributed by atoms with Crippen molar-refractivity contribution in [3.63, 3.8) is 0 Å². The Labute approximate surface area is 184 Å². The van der Waals surface area contributed by atoms with Gasteiger partial charge in [0.25, 0.3) is 0 Å². The van der Waals surface area contributed by atoms with E-state index in [1.807, 2.05) is 55.6 Å². The number of amides is 1. The molecule has 0 bridgehead atoms. The van der Waals surface area contributed by atoms with Crippen molar-refractivity contribution in [1.29, 1.82) is 0 Å². The molecule has 4 aromatic rings. The molecule has 2 aromatic carbocycles. The summed E-state index contributed by atoms with van der Waals surface area (Å²) in [5.74, 6) is 0.330. The lowest BCUT2D eigenvalue weighted by molar-refractivity contribution is -0.125. The van der Waals surface area contributed by atoms with E-state index in [1.165, 1.54) is 4.80 Å². The highest BCUT2D eigenvalue weighted by Gasteiger charge is 2.21. The molecule has 31 heavy (non-hydrogen) atoms. The highest BCUT2D eigenvalue weighted by atomic mass is 35.5. The summed E-state index contributed by atoms with van der Waals surface area (Å²) < 4.78 is 1.81. The van der Waals surface area contributed by atoms with E-state index in [4.69, 9.17) is 11.6 Å². The minimum absolute atomic E-state index is 0.129. The maximum Gasteiger partial charge on any atom is 0.246 e. The van der Waals surface area contributed by atoms with Gasteiger partial charge in [-0.2, -0.15) is 9.90 Å². The lowest BCUT2D eigenvalue weighted by Crippen LogP contribution is -2.34. The fraction of sp³-hybridized carbons (Fsp3) is 0.227. The van der Waals surface area contributed by atoms with Crippen LogP contribution >= 0.6 is 11.6 Å². The van der Waals surface area contributed by atoms with Gasteiger partial charge in [0, 0.05) is 29.5 Å². The largest absolute Gasteiger partial charge is 0.354 e. The van der Waals surface area contributed by atoms with Gasteiger partial charge in [0.1, 0.15) is 0 Å². The highest BCUT2D eigenvalue weighted by molar-refractivity contribution is 6.30. The van der Waals surface area contributed by atoms with Gasteiger partial charge in [-0.15, -0.1) is 10.2 Å². The second-order valence-electron chi connectivity index (χ2n) is 7.02. The molecule has 0 aliphatic heterocycles. The van der Waals surface area contributed by atoms with Gasteiger partial charge >= 0.3 is 0 Å². The van der Waals surface area contributed by atoms with Gasteiger partial charge in [-0.25, -0.2) is 4.68 Å². The van der Waals surface area contributed by atoms with Gasteiger partial charge in [0.05, 0.1) is 5.69 Å². The standard InChI is InChI=1S/C22H22ClN7O/c1-2-20(30-27-21(26-28-30)17-6-8-18(23)9-7-17)22(31)24-14-12-16-4-10-19(11-5-16)29-15-3-13-25-29/h3-11,13,15,20H,2,12,14H2,1H3,(H,24,31). The van der Waals surface area contributed by atoms with Crippen LogP contribution in [0.5, 0.6) is 0 Å². The Hall–Kier alpha value is -3.52. The van der Waals surface area contributed by atoms with Crippen molar-refractivity contribution in [2.75, 3.05) is 6.54 Å². The third-order valence-electron chi connectivity index (χ3n) is 4.92. The predicted octanol–water partition coefficient (Wildman–Crippen LogP) is 3.49. The zero-order valence-electron chi connectivity index (χ0n) is 17.0. The van der Waals surface area contributed by atoms with Crippen LogP contribution in [0, 0.1) is 0 Å². The fourth-order valence-electron chi connectivity index (χ4n) is 3.21. The molecular formula is C22H22ClN7O. The first-order chi connectivity index (χ1) is 15.1. The monoisotopic (exact) mass is 435 g/mol. The molecule has 1 amide bonds. The minimum atomic E-state index is -0.518. The zero-order valence-corrected chi connectivity index (χ0v) is 17.8. The molecule has 8 nitrogen and oxygen atoms in total. The molecule has 0 aliphatic rings. The lowest BCUT2D eigenvalue weighted by atomic mass is 10.1. The molecule has 2 aromatic heterocycles. The van der Waals surface area contributed by atoms with Crippen LogP contribution in [0.15, 0.2) is 67.0 Å². The van der Waals surface area contributed by atoms with E-state index in [9.17, 15) is 4.79 Å². The molecule has 158 valence electrons. The smallest absolute Gasteiger partial charge is 0.246 e. The topological polar surface area (TPSA) is 90.5 Å². The molecule has 1 atom stereocenters. The summed E-state index contributed by atoms with van der Waals surface area (Å²) in [6, 6.07) is 16.6. The van der Waals surface area contributed by atoms with Crippen LogP contribution in [0.25, 0.3) is 17.1 Å². The number of nitrogens with zero attached hydrogens (tertiary/aromatic N) is 6. The van der Waals surface area contributed by atoms with Crippen LogP contribution in [0.2, 0.25) is 5.02 Å². The average molecular weight is 436 g/mol. The quantitative estimate of drug-likeness (QED) is 0.457. The summed E-state index contributed by atoms with van der Waals surface area (Å²) in [6.45, 7) is 2.44. The Morgan fingerprint density at radius 3 is 2.58 bits per heavy atom. The Morgan fingerprint density at radius 1 is 1.13 bits per heavy atom. The van der Waals surface area contributed by atoms with E-state index in [0.29, 0.717) is 23.8 Å². The highest BCUT2D eigenvalue weighted by Crippen LogP contribution is 2.18. The lowest BCUT2D eigenvalue weighted by Gasteiger charge is -2.13. The number of halogens is 1. The van der Waals surface area contributed by atoms with Crippen molar-refractivity contribution in [3.8, 4) is 17.1 Å². The second-order valence-corrected chi connectivity index (χ2v) is 7.46. The zero-order chi connectivity index (χ0) is 21.6. The Balaban J connectivity index is 1.33. The Bertz CT molecular complexity index is 1120. The van der Waals surface area contributed by atoms with Crippen LogP contribution in [0.3, 0.4) is 0 Å². The number of benzene rings is 2. The Kier molecular flexibility index (Phi) is 6.37. The number of carbonyl (C=O) groups excluding carboxylic acids is 1. The molecule has 0 radical (unpaired) electrons. The van der Waals surface area contributed by atoms with Gasteiger partial charge in [-0.1, -0.05) is 30.7 Å². The maximum atomic E-state index is 12.7. The van der Waals surface area contributed by atoms with E-state index >= 15 is 0 Å². The number of hydrogen-bond acceptors (Lipinski definition) is 5. The van der Waals surface area contributed by atoms with Gasteiger partial charge in [-0.05, 0) is 66.1 Å². The molecule has 1 unspecified atom stereocenters. The molecule has 2 heterocycles. The number of carbonyl (C=O) groups is 1. The number of hydrogen-bond donors (Lipinski definition) is 1. The number of aromatic nitrogens is 6. The van der Waals surface area contributed by atoms with Gasteiger partial charge in [-0.3, -0.25) is 4.79 Å². The van der Waals surface area contributed by atoms with E-state index < -0.39 is 6.04 Å². The molecule has 0 saturated heterocycles. The van der Waals surface area contributed by atoms with Crippen molar-refractivity contribution >= 4 is 17.5 Å². The summed E-state index contributed by atoms with van der Waals surface area (Å²) >= 11 is 5.92. The van der Waals surface area contributed by atoms with Crippen LogP contribution in [0.1, 0.15) is 24.9 Å². The number of nitrogens with one attached hydrogen (secondary N) is 1. The van der Waals surface area contributed by atoms with Crippen LogP contribution in [-0.2, 0) is 11.2 Å². The van der Waals surface area contributed by atoms with E-state index in [-0.39, 0.29) is 5.91 Å². The van der Waals surface area contributed by atoms with E-state index in [1.54, 1.807) is 23.0 Å². The summed E-state index contributed by atoms with van der Waals surface area (Å²) in [5, 5.41) is 20.4. The van der Waals surface area contributed by atoms with Crippen molar-refractivity contribution in [1.82, 2.24) is 35.3 Å². The summed E-state index contributed by atoms with van der Waals surface area (Å²) in [5.41, 5.74) is 2.93. The minimum Gasteiger partial charge on any atom is -0.354 e. The molecule has 0 aliphatic carbocycles. The molecule has 1 N–H and O–H groups in total. The Morgan fingerprint density at radius 2 is 1.90 bits per heavy atom. The third kappa shape index (κ3) is 4.97. The van der Waals surface area contributed by atoms with Gasteiger partial charge in [0.2, 0.25) is 11.7 Å². The normalized spacial score (nSPS) is 11.9. The SMILES string of the molecule is CCC(C(=O)NCCc1ccc(-n2cccn2)cc1)n1nnc(-c2ccc(Cl)cc2)n1. The van der Waals surface area contributed by atoms with Crippen molar-refractivity contribution in [2.45, 2.75) is 25.8 Å².